The third-order valence-electron chi connectivity index (χ3n) is 1.61. The Morgan fingerprint density at radius 3 is 2.92 bits per heavy atom. The first-order valence-corrected chi connectivity index (χ1v) is 4.59. The molecule has 0 aromatic carbocycles. The van der Waals surface area contributed by atoms with Gasteiger partial charge in [-0.2, -0.15) is 0 Å². The number of carbonyl (C=O) groups is 1. The molecule has 0 aliphatic heterocycles. The van der Waals surface area contributed by atoms with Gasteiger partial charge in [-0.25, -0.2) is 4.98 Å². The highest BCUT2D eigenvalue weighted by Gasteiger charge is 2.06. The van der Waals surface area contributed by atoms with Crippen LogP contribution in [-0.4, -0.2) is 11.3 Å². The van der Waals surface area contributed by atoms with Gasteiger partial charge in [0.15, 0.2) is 17.9 Å². The maximum Gasteiger partial charge on any atom is 0.191 e. The third-order valence-corrected chi connectivity index (χ3v) is 2.63. The Hall–Kier alpha value is -1.42. The van der Waals surface area contributed by atoms with Crippen LogP contribution in [0.15, 0.2) is 22.7 Å². The Morgan fingerprint density at radius 2 is 2.38 bits per heavy atom. The van der Waals surface area contributed by atoms with E-state index in [9.17, 15) is 4.79 Å². The van der Waals surface area contributed by atoms with Crippen molar-refractivity contribution < 1.29 is 9.21 Å². The summed E-state index contributed by atoms with van der Waals surface area (Å²) in [6, 6.07) is 3.62. The van der Waals surface area contributed by atoms with Crippen molar-refractivity contribution in [3.05, 3.63) is 29.1 Å². The lowest BCUT2D eigenvalue weighted by molar-refractivity contribution is 0.112. The molecule has 0 atom stereocenters. The first-order chi connectivity index (χ1) is 6.29. The van der Waals surface area contributed by atoms with E-state index < -0.39 is 0 Å². The Balaban J connectivity index is 2.40. The largest absolute Gasteiger partial charge is 0.440 e. The smallest absolute Gasteiger partial charge is 0.191 e. The lowest BCUT2D eigenvalue weighted by Crippen LogP contribution is -1.63. The highest BCUT2D eigenvalue weighted by Crippen LogP contribution is 2.27. The van der Waals surface area contributed by atoms with Crippen LogP contribution < -0.4 is 0 Å². The van der Waals surface area contributed by atoms with E-state index in [1.807, 2.05) is 6.07 Å². The molecule has 0 amide bonds. The zero-order valence-corrected chi connectivity index (χ0v) is 7.80. The molecule has 0 bridgehead atoms. The summed E-state index contributed by atoms with van der Waals surface area (Å²) in [6.45, 7) is 1.79. The van der Waals surface area contributed by atoms with Crippen molar-refractivity contribution in [1.29, 1.82) is 0 Å². The number of thiophene rings is 1. The predicted octanol–water partition coefficient (Wildman–Crippen LogP) is 2.52. The summed E-state index contributed by atoms with van der Waals surface area (Å²) in [5.41, 5.74) is 0. The second-order valence-electron chi connectivity index (χ2n) is 2.56. The summed E-state index contributed by atoms with van der Waals surface area (Å²) in [5.74, 6) is 1.35. The van der Waals surface area contributed by atoms with Gasteiger partial charge in [-0.15, -0.1) is 11.3 Å². The van der Waals surface area contributed by atoms with Crippen molar-refractivity contribution in [2.45, 2.75) is 6.92 Å². The van der Waals surface area contributed by atoms with Crippen LogP contribution in [0.1, 0.15) is 15.6 Å². The number of hydrogen-bond acceptors (Lipinski definition) is 4. The minimum Gasteiger partial charge on any atom is -0.440 e. The maximum atomic E-state index is 10.4. The first kappa shape index (κ1) is 8.19. The normalized spacial score (nSPS) is 10.2. The van der Waals surface area contributed by atoms with Gasteiger partial charge in [-0.3, -0.25) is 4.79 Å². The average Bonchev–Trinajstić information content (AvgIpc) is 2.71. The monoisotopic (exact) mass is 193 g/mol. The fourth-order valence-electron chi connectivity index (χ4n) is 1.02. The maximum absolute atomic E-state index is 10.4. The van der Waals surface area contributed by atoms with Gasteiger partial charge in [0, 0.05) is 6.92 Å². The van der Waals surface area contributed by atoms with E-state index in [1.165, 1.54) is 11.3 Å². The summed E-state index contributed by atoms with van der Waals surface area (Å²) in [5, 5.41) is 0. The fraction of sp³-hybridized carbons (Fsp3) is 0.111. The van der Waals surface area contributed by atoms with Gasteiger partial charge in [0.05, 0.1) is 16.0 Å². The summed E-state index contributed by atoms with van der Waals surface area (Å²) in [7, 11) is 0. The number of nitrogens with zero attached hydrogens (tertiary/aromatic N) is 1. The van der Waals surface area contributed by atoms with Crippen LogP contribution in [0.2, 0.25) is 0 Å². The Morgan fingerprint density at radius 1 is 1.54 bits per heavy atom. The summed E-state index contributed by atoms with van der Waals surface area (Å²) in [6.07, 6.45) is 2.49. The number of hydrogen-bond donors (Lipinski definition) is 0. The first-order valence-electron chi connectivity index (χ1n) is 3.77. The van der Waals surface area contributed by atoms with E-state index in [4.69, 9.17) is 4.42 Å². The second-order valence-corrected chi connectivity index (χ2v) is 3.68. The molecule has 66 valence electrons. The molecule has 0 unspecified atom stereocenters. The van der Waals surface area contributed by atoms with Crippen LogP contribution in [0.3, 0.4) is 0 Å². The Labute approximate surface area is 79.0 Å². The zero-order chi connectivity index (χ0) is 9.26. The average molecular weight is 193 g/mol. The van der Waals surface area contributed by atoms with Crippen LogP contribution in [0.5, 0.6) is 0 Å². The van der Waals surface area contributed by atoms with E-state index in [1.54, 1.807) is 19.2 Å². The van der Waals surface area contributed by atoms with E-state index in [-0.39, 0.29) is 0 Å². The van der Waals surface area contributed by atoms with Crippen molar-refractivity contribution in [3.63, 3.8) is 0 Å². The minimum absolute atomic E-state index is 0.635. The molecule has 0 fully saturated rings. The third kappa shape index (κ3) is 1.53. The number of aromatic nitrogens is 1. The Kier molecular flexibility index (Phi) is 1.98. The molecule has 2 heterocycles. The molecule has 0 aliphatic rings. The van der Waals surface area contributed by atoms with Crippen molar-refractivity contribution in [1.82, 2.24) is 4.98 Å². The molecule has 3 nitrogen and oxygen atoms in total. The molecule has 2 aromatic rings. The van der Waals surface area contributed by atoms with Gasteiger partial charge in [0.25, 0.3) is 0 Å². The lowest BCUT2D eigenvalue weighted by atomic mass is 10.4. The summed E-state index contributed by atoms with van der Waals surface area (Å²) >= 11 is 1.40. The van der Waals surface area contributed by atoms with Gasteiger partial charge in [-0.1, -0.05) is 0 Å². The van der Waals surface area contributed by atoms with Gasteiger partial charge >= 0.3 is 0 Å². The van der Waals surface area contributed by atoms with Gasteiger partial charge in [0.2, 0.25) is 0 Å². The molecule has 13 heavy (non-hydrogen) atoms. The molecule has 2 rings (SSSR count). The molecule has 2 aromatic heterocycles. The molecular formula is C9H7NO2S. The molecular weight excluding hydrogens is 186 g/mol. The SMILES string of the molecule is Cc1ncc(-c2ccc(C=O)s2)o1. The fourth-order valence-corrected chi connectivity index (χ4v) is 1.79. The van der Waals surface area contributed by atoms with Crippen LogP contribution in [0, 0.1) is 6.92 Å². The standard InChI is InChI=1S/C9H7NO2S/c1-6-10-4-8(12-6)9-3-2-7(5-11)13-9/h2-5H,1H3. The number of oxazole rings is 1. The van der Waals surface area contributed by atoms with E-state index in [0.29, 0.717) is 10.8 Å². The predicted molar refractivity (Wildman–Crippen MR) is 49.9 cm³/mol. The summed E-state index contributed by atoms with van der Waals surface area (Å²) in [4.78, 5) is 16.0. The van der Waals surface area contributed by atoms with E-state index in [2.05, 4.69) is 4.98 Å². The molecule has 0 saturated carbocycles. The molecule has 0 aliphatic carbocycles. The molecule has 4 heteroatoms. The Bertz CT molecular complexity index is 430. The molecule has 0 spiro atoms. The van der Waals surface area contributed by atoms with Crippen LogP contribution in [0.25, 0.3) is 10.6 Å². The highest BCUT2D eigenvalue weighted by molar-refractivity contribution is 7.16. The number of rotatable bonds is 2. The lowest BCUT2D eigenvalue weighted by Gasteiger charge is -1.85. The molecule has 0 radical (unpaired) electrons. The van der Waals surface area contributed by atoms with Gasteiger partial charge in [-0.05, 0) is 12.1 Å². The van der Waals surface area contributed by atoms with Crippen LogP contribution >= 0.6 is 11.3 Å². The van der Waals surface area contributed by atoms with E-state index >= 15 is 0 Å². The van der Waals surface area contributed by atoms with Gasteiger partial charge < -0.3 is 4.42 Å². The van der Waals surface area contributed by atoms with Crippen LogP contribution in [0.4, 0.5) is 0 Å². The zero-order valence-electron chi connectivity index (χ0n) is 6.98. The number of aryl methyl sites for hydroxylation is 1. The van der Waals surface area contributed by atoms with E-state index in [0.717, 1.165) is 16.9 Å². The van der Waals surface area contributed by atoms with Crippen molar-refractivity contribution in [3.8, 4) is 10.6 Å². The second kappa shape index (κ2) is 3.14. The van der Waals surface area contributed by atoms with Crippen LogP contribution in [-0.2, 0) is 0 Å². The molecule has 0 saturated heterocycles. The molecule has 0 N–H and O–H groups in total. The highest BCUT2D eigenvalue weighted by atomic mass is 32.1. The number of aldehydes is 1. The van der Waals surface area contributed by atoms with Crippen molar-refractivity contribution in [2.24, 2.45) is 0 Å². The minimum atomic E-state index is 0.635. The number of carbonyl (C=O) groups excluding carboxylic acids is 1. The van der Waals surface area contributed by atoms with Crippen molar-refractivity contribution >= 4 is 17.6 Å². The topological polar surface area (TPSA) is 43.1 Å². The van der Waals surface area contributed by atoms with Gasteiger partial charge in [0.1, 0.15) is 0 Å². The van der Waals surface area contributed by atoms with Crippen molar-refractivity contribution in [2.75, 3.05) is 0 Å². The summed E-state index contributed by atoms with van der Waals surface area (Å²) < 4.78 is 5.31. The quantitative estimate of drug-likeness (QED) is 0.688.